The van der Waals surface area contributed by atoms with Crippen LogP contribution in [-0.2, 0) is 6.42 Å². The lowest BCUT2D eigenvalue weighted by Gasteiger charge is -2.10. The van der Waals surface area contributed by atoms with Crippen LogP contribution >= 0.6 is 11.8 Å². The predicted molar refractivity (Wildman–Crippen MR) is 86.6 cm³/mol. The van der Waals surface area contributed by atoms with Crippen LogP contribution in [-0.4, -0.2) is 22.1 Å². The maximum Gasteiger partial charge on any atom is 0.103 e. The normalized spacial score (nSPS) is 11.2. The second-order valence-corrected chi connectivity index (χ2v) is 6.37. The zero-order valence-corrected chi connectivity index (χ0v) is 13.3. The molecule has 0 aliphatic rings. The summed E-state index contributed by atoms with van der Waals surface area (Å²) in [6.45, 7) is 7.22. The first-order valence-corrected chi connectivity index (χ1v) is 8.08. The Labute approximate surface area is 125 Å². The molecule has 0 atom stereocenters. The van der Waals surface area contributed by atoms with Crippen molar-refractivity contribution in [3.05, 3.63) is 41.6 Å². The predicted octanol–water partition coefficient (Wildman–Crippen LogP) is 3.43. The van der Waals surface area contributed by atoms with Gasteiger partial charge in [0.05, 0.1) is 11.4 Å². The number of nitrogens with zero attached hydrogens (tertiary/aromatic N) is 2. The van der Waals surface area contributed by atoms with E-state index in [0.717, 1.165) is 23.6 Å². The Hall–Kier alpha value is -1.26. The Morgan fingerprint density at radius 1 is 1.25 bits per heavy atom. The summed E-state index contributed by atoms with van der Waals surface area (Å²) in [6, 6.07) is 10.3. The topological polar surface area (TPSA) is 43.8 Å². The molecular weight excluding hydrogens is 266 g/mol. The summed E-state index contributed by atoms with van der Waals surface area (Å²) in [5.41, 5.74) is 9.25. The Bertz CT molecular complexity index is 546. The van der Waals surface area contributed by atoms with Crippen LogP contribution < -0.4 is 5.73 Å². The Morgan fingerprint density at radius 3 is 2.55 bits per heavy atom. The summed E-state index contributed by atoms with van der Waals surface area (Å²) in [5, 5.41) is 5.96. The van der Waals surface area contributed by atoms with E-state index in [2.05, 4.69) is 37.6 Å². The fourth-order valence-electron chi connectivity index (χ4n) is 2.11. The zero-order chi connectivity index (χ0) is 14.5. The molecule has 2 N–H and O–H groups in total. The van der Waals surface area contributed by atoms with E-state index < -0.39 is 0 Å². The van der Waals surface area contributed by atoms with Crippen molar-refractivity contribution in [3.8, 4) is 5.69 Å². The van der Waals surface area contributed by atoms with Gasteiger partial charge in [0.15, 0.2) is 0 Å². The average molecular weight is 289 g/mol. The second-order valence-electron chi connectivity index (χ2n) is 5.36. The third-order valence-corrected chi connectivity index (χ3v) is 4.61. The number of thioether (sulfide) groups is 1. The van der Waals surface area contributed by atoms with Gasteiger partial charge < -0.3 is 5.73 Å². The quantitative estimate of drug-likeness (QED) is 0.829. The summed E-state index contributed by atoms with van der Waals surface area (Å²) in [4.78, 5) is 0. The highest BCUT2D eigenvalue weighted by atomic mass is 32.2. The Morgan fingerprint density at radius 2 is 1.95 bits per heavy atom. The Kier molecular flexibility index (Phi) is 5.26. The van der Waals surface area contributed by atoms with Crippen molar-refractivity contribution in [2.45, 2.75) is 32.2 Å². The molecule has 0 radical (unpaired) electrons. The van der Waals surface area contributed by atoms with E-state index in [1.165, 1.54) is 10.6 Å². The molecule has 0 aliphatic carbocycles. The summed E-state index contributed by atoms with van der Waals surface area (Å²) in [6.07, 6.45) is 0.888. The van der Waals surface area contributed by atoms with Gasteiger partial charge in [0, 0.05) is 11.3 Å². The van der Waals surface area contributed by atoms with Gasteiger partial charge in [0.2, 0.25) is 0 Å². The lowest BCUT2D eigenvalue weighted by atomic mass is 10.2. The van der Waals surface area contributed by atoms with Crippen molar-refractivity contribution in [1.29, 1.82) is 0 Å². The van der Waals surface area contributed by atoms with Gasteiger partial charge in [-0.25, -0.2) is 4.68 Å². The molecule has 1 aromatic carbocycles. The molecule has 1 heterocycles. The van der Waals surface area contributed by atoms with Crippen molar-refractivity contribution >= 4 is 11.8 Å². The minimum absolute atomic E-state index is 0.658. The smallest absolute Gasteiger partial charge is 0.103 e. The third kappa shape index (κ3) is 3.44. The summed E-state index contributed by atoms with van der Waals surface area (Å²) in [5.74, 6) is 1.75. The molecule has 0 saturated carbocycles. The van der Waals surface area contributed by atoms with Gasteiger partial charge in [-0.2, -0.15) is 5.10 Å². The van der Waals surface area contributed by atoms with Crippen molar-refractivity contribution in [3.63, 3.8) is 0 Å². The number of aromatic nitrogens is 2. The maximum absolute atomic E-state index is 5.76. The summed E-state index contributed by atoms with van der Waals surface area (Å²) >= 11 is 1.88. The van der Waals surface area contributed by atoms with Gasteiger partial charge in [-0.3, -0.25) is 0 Å². The minimum Gasteiger partial charge on any atom is -0.330 e. The number of rotatable bonds is 6. The largest absolute Gasteiger partial charge is 0.330 e. The van der Waals surface area contributed by atoms with Crippen molar-refractivity contribution < 1.29 is 0 Å². The van der Waals surface area contributed by atoms with Gasteiger partial charge in [-0.1, -0.05) is 32.0 Å². The Balaban J connectivity index is 2.42. The van der Waals surface area contributed by atoms with Gasteiger partial charge in [0.25, 0.3) is 0 Å². The molecule has 1 aromatic heterocycles. The van der Waals surface area contributed by atoms with Crippen molar-refractivity contribution in [2.24, 2.45) is 11.7 Å². The van der Waals surface area contributed by atoms with Crippen LogP contribution in [0.2, 0.25) is 0 Å². The molecule has 4 heteroatoms. The highest BCUT2D eigenvalue weighted by Gasteiger charge is 2.16. The van der Waals surface area contributed by atoms with Gasteiger partial charge in [-0.05, 0) is 37.9 Å². The fraction of sp³-hybridized carbons (Fsp3) is 0.438. The van der Waals surface area contributed by atoms with E-state index in [4.69, 9.17) is 10.8 Å². The van der Waals surface area contributed by atoms with Crippen LogP contribution in [0.15, 0.2) is 35.4 Å². The molecular formula is C16H23N3S. The van der Waals surface area contributed by atoms with E-state index in [1.54, 1.807) is 0 Å². The molecule has 0 spiro atoms. The van der Waals surface area contributed by atoms with E-state index in [9.17, 15) is 0 Å². The maximum atomic E-state index is 5.76. The van der Waals surface area contributed by atoms with E-state index in [1.807, 2.05) is 30.0 Å². The lowest BCUT2D eigenvalue weighted by molar-refractivity contribution is 0.741. The summed E-state index contributed by atoms with van der Waals surface area (Å²) in [7, 11) is 0. The molecule has 0 saturated heterocycles. The highest BCUT2D eigenvalue weighted by molar-refractivity contribution is 7.99. The van der Waals surface area contributed by atoms with Crippen molar-refractivity contribution in [1.82, 2.24) is 9.78 Å². The van der Waals surface area contributed by atoms with Crippen LogP contribution in [0.3, 0.4) is 0 Å². The van der Waals surface area contributed by atoms with Crippen LogP contribution in [0.25, 0.3) is 5.69 Å². The molecule has 0 amide bonds. The van der Waals surface area contributed by atoms with E-state index >= 15 is 0 Å². The number of hydrogen-bond donors (Lipinski definition) is 1. The molecule has 0 fully saturated rings. The van der Waals surface area contributed by atoms with E-state index in [-0.39, 0.29) is 0 Å². The lowest BCUT2D eigenvalue weighted by Crippen LogP contribution is -2.05. The van der Waals surface area contributed by atoms with Crippen LogP contribution in [0.1, 0.15) is 25.1 Å². The molecule has 108 valence electrons. The SMILES string of the molecule is Cc1nn(-c2ccccc2)c(SCC(C)C)c1CCN. The fourth-order valence-corrected chi connectivity index (χ4v) is 3.29. The minimum atomic E-state index is 0.658. The molecule has 0 aliphatic heterocycles. The van der Waals surface area contributed by atoms with Gasteiger partial charge >= 0.3 is 0 Å². The molecule has 2 aromatic rings. The number of aryl methyl sites for hydroxylation is 1. The number of benzene rings is 1. The highest BCUT2D eigenvalue weighted by Crippen LogP contribution is 2.29. The molecule has 0 unspecified atom stereocenters. The van der Waals surface area contributed by atoms with Gasteiger partial charge in [-0.15, -0.1) is 11.8 Å². The first-order chi connectivity index (χ1) is 9.63. The van der Waals surface area contributed by atoms with Crippen LogP contribution in [0.5, 0.6) is 0 Å². The zero-order valence-electron chi connectivity index (χ0n) is 12.5. The summed E-state index contributed by atoms with van der Waals surface area (Å²) < 4.78 is 2.06. The molecule has 3 nitrogen and oxygen atoms in total. The van der Waals surface area contributed by atoms with Gasteiger partial charge in [0.1, 0.15) is 5.03 Å². The monoisotopic (exact) mass is 289 g/mol. The molecule has 2 rings (SSSR count). The molecule has 20 heavy (non-hydrogen) atoms. The van der Waals surface area contributed by atoms with Crippen molar-refractivity contribution in [2.75, 3.05) is 12.3 Å². The molecule has 0 bridgehead atoms. The van der Waals surface area contributed by atoms with E-state index in [0.29, 0.717) is 12.5 Å². The van der Waals surface area contributed by atoms with Crippen LogP contribution in [0.4, 0.5) is 0 Å². The number of nitrogens with two attached hydrogens (primary N) is 1. The number of hydrogen-bond acceptors (Lipinski definition) is 3. The second kappa shape index (κ2) is 6.95. The third-order valence-electron chi connectivity index (χ3n) is 3.09. The first-order valence-electron chi connectivity index (χ1n) is 7.10. The number of para-hydroxylation sites is 1. The van der Waals surface area contributed by atoms with Crippen LogP contribution in [0, 0.1) is 12.8 Å². The average Bonchev–Trinajstić information content (AvgIpc) is 2.75. The first kappa shape index (κ1) is 15.1. The standard InChI is InChI=1S/C16H23N3S/c1-12(2)11-20-16-15(9-10-17)13(3)18-19(16)14-7-5-4-6-8-14/h4-8,12H,9-11,17H2,1-3H3.